The van der Waals surface area contributed by atoms with Gasteiger partial charge in [0.25, 0.3) is 0 Å². The van der Waals surface area contributed by atoms with E-state index in [1.807, 2.05) is 6.07 Å². The molecule has 2 rings (SSSR count). The van der Waals surface area contributed by atoms with E-state index in [4.69, 9.17) is 4.74 Å². The predicted octanol–water partition coefficient (Wildman–Crippen LogP) is 2.69. The molecule has 0 spiro atoms. The van der Waals surface area contributed by atoms with E-state index in [1.165, 1.54) is 18.4 Å². The molecular formula is C16H23NO2. The highest BCUT2D eigenvalue weighted by Gasteiger charge is 2.35. The first kappa shape index (κ1) is 14.1. The molecule has 3 heteroatoms. The molecule has 19 heavy (non-hydrogen) atoms. The zero-order valence-corrected chi connectivity index (χ0v) is 11.7. The molecule has 0 aromatic heterocycles. The molecule has 0 saturated heterocycles. The van der Waals surface area contributed by atoms with Crippen molar-refractivity contribution >= 4 is 5.91 Å². The molecular weight excluding hydrogens is 238 g/mol. The van der Waals surface area contributed by atoms with Gasteiger partial charge in [-0.25, -0.2) is 0 Å². The number of carbonyl (C=O) groups is 1. The highest BCUT2D eigenvalue weighted by atomic mass is 16.5. The molecule has 0 atom stereocenters. The van der Waals surface area contributed by atoms with E-state index in [0.717, 1.165) is 19.3 Å². The number of benzene rings is 1. The molecule has 1 aromatic rings. The molecule has 1 amide bonds. The molecule has 0 bridgehead atoms. The number of amides is 1. The van der Waals surface area contributed by atoms with Crippen LogP contribution >= 0.6 is 0 Å². The second-order valence-corrected chi connectivity index (χ2v) is 5.44. The van der Waals surface area contributed by atoms with Crippen molar-refractivity contribution in [1.82, 2.24) is 5.32 Å². The second kappa shape index (κ2) is 6.71. The maximum Gasteiger partial charge on any atom is 0.222 e. The lowest BCUT2D eigenvalue weighted by molar-refractivity contribution is -0.123. The van der Waals surface area contributed by atoms with Gasteiger partial charge in [0.15, 0.2) is 0 Å². The van der Waals surface area contributed by atoms with Gasteiger partial charge in [-0.05, 0) is 24.8 Å². The van der Waals surface area contributed by atoms with Crippen LogP contribution in [0, 0.1) is 0 Å². The van der Waals surface area contributed by atoms with Gasteiger partial charge in [-0.2, -0.15) is 0 Å². The summed E-state index contributed by atoms with van der Waals surface area (Å²) in [6.07, 6.45) is 5.97. The van der Waals surface area contributed by atoms with Gasteiger partial charge in [0.1, 0.15) is 0 Å². The Morgan fingerprint density at radius 2 is 1.95 bits per heavy atom. The Kier molecular flexibility index (Phi) is 4.97. The van der Waals surface area contributed by atoms with E-state index in [-0.39, 0.29) is 11.4 Å². The molecule has 1 aromatic carbocycles. The fraction of sp³-hybridized carbons (Fsp3) is 0.562. The topological polar surface area (TPSA) is 38.3 Å². The largest absolute Gasteiger partial charge is 0.384 e. The summed E-state index contributed by atoms with van der Waals surface area (Å²) >= 11 is 0. The normalized spacial score (nSPS) is 17.3. The molecule has 1 saturated carbocycles. The van der Waals surface area contributed by atoms with Crippen molar-refractivity contribution in [3.63, 3.8) is 0 Å². The summed E-state index contributed by atoms with van der Waals surface area (Å²) < 4.78 is 4.97. The molecule has 0 radical (unpaired) electrons. The van der Waals surface area contributed by atoms with Crippen molar-refractivity contribution in [2.45, 2.75) is 44.1 Å². The number of methoxy groups -OCH3 is 1. The Hall–Kier alpha value is -1.35. The third-order valence-corrected chi connectivity index (χ3v) is 3.88. The summed E-state index contributed by atoms with van der Waals surface area (Å²) in [6, 6.07) is 10.4. The van der Waals surface area contributed by atoms with Gasteiger partial charge in [-0.1, -0.05) is 43.2 Å². The number of ether oxygens (including phenoxy) is 1. The van der Waals surface area contributed by atoms with Gasteiger partial charge >= 0.3 is 0 Å². The standard InChI is InChI=1S/C16H23NO2/c1-19-12-9-15(18)17-16(10-5-6-11-16)13-14-7-3-2-4-8-14/h2-4,7-8H,5-6,9-13H2,1H3,(H,17,18). The Morgan fingerprint density at radius 1 is 1.26 bits per heavy atom. The number of hydrogen-bond acceptors (Lipinski definition) is 2. The van der Waals surface area contributed by atoms with E-state index in [1.54, 1.807) is 7.11 Å². The van der Waals surface area contributed by atoms with Gasteiger partial charge in [0, 0.05) is 19.1 Å². The van der Waals surface area contributed by atoms with Gasteiger partial charge in [-0.3, -0.25) is 4.79 Å². The van der Waals surface area contributed by atoms with Crippen LogP contribution in [0.3, 0.4) is 0 Å². The van der Waals surface area contributed by atoms with Crippen molar-refractivity contribution in [3.05, 3.63) is 35.9 Å². The number of rotatable bonds is 6. The third kappa shape index (κ3) is 4.06. The fourth-order valence-electron chi connectivity index (χ4n) is 2.94. The highest BCUT2D eigenvalue weighted by molar-refractivity contribution is 5.77. The van der Waals surface area contributed by atoms with Crippen molar-refractivity contribution in [2.75, 3.05) is 13.7 Å². The molecule has 104 valence electrons. The maximum absolute atomic E-state index is 12.0. The van der Waals surface area contributed by atoms with Crippen LogP contribution in [0.4, 0.5) is 0 Å². The van der Waals surface area contributed by atoms with Crippen LogP contribution in [0.15, 0.2) is 30.3 Å². The highest BCUT2D eigenvalue weighted by Crippen LogP contribution is 2.32. The fourth-order valence-corrected chi connectivity index (χ4v) is 2.94. The molecule has 0 aliphatic heterocycles. The smallest absolute Gasteiger partial charge is 0.222 e. The first-order valence-electron chi connectivity index (χ1n) is 7.08. The maximum atomic E-state index is 12.0. The van der Waals surface area contributed by atoms with Gasteiger partial charge < -0.3 is 10.1 Å². The molecule has 1 N–H and O–H groups in total. The Balaban J connectivity index is 1.99. The lowest BCUT2D eigenvalue weighted by Gasteiger charge is -2.30. The molecule has 3 nitrogen and oxygen atoms in total. The second-order valence-electron chi connectivity index (χ2n) is 5.44. The first-order chi connectivity index (χ1) is 9.24. The Bertz CT molecular complexity index is 396. The number of hydrogen-bond donors (Lipinski definition) is 1. The van der Waals surface area contributed by atoms with Crippen molar-refractivity contribution in [1.29, 1.82) is 0 Å². The zero-order valence-electron chi connectivity index (χ0n) is 11.7. The lowest BCUT2D eigenvalue weighted by Crippen LogP contribution is -2.48. The van der Waals surface area contributed by atoms with E-state index in [0.29, 0.717) is 13.0 Å². The summed E-state index contributed by atoms with van der Waals surface area (Å²) in [5, 5.41) is 3.26. The van der Waals surface area contributed by atoms with E-state index in [2.05, 4.69) is 29.6 Å². The van der Waals surface area contributed by atoms with Gasteiger partial charge in [0.05, 0.1) is 6.61 Å². The minimum atomic E-state index is -0.0355. The average Bonchev–Trinajstić information content (AvgIpc) is 2.85. The SMILES string of the molecule is COCCC(=O)NC1(Cc2ccccc2)CCCC1. The quantitative estimate of drug-likeness (QED) is 0.855. The summed E-state index contributed by atoms with van der Waals surface area (Å²) in [6.45, 7) is 0.493. The molecule has 1 aliphatic carbocycles. The molecule has 0 unspecified atom stereocenters. The van der Waals surface area contributed by atoms with Crippen LogP contribution < -0.4 is 5.32 Å². The first-order valence-corrected chi connectivity index (χ1v) is 7.08. The van der Waals surface area contributed by atoms with Crippen molar-refractivity contribution < 1.29 is 9.53 Å². The van der Waals surface area contributed by atoms with Crippen LogP contribution in [0.5, 0.6) is 0 Å². The zero-order chi connectivity index (χ0) is 13.6. The van der Waals surface area contributed by atoms with Crippen LogP contribution in [0.1, 0.15) is 37.7 Å². The minimum Gasteiger partial charge on any atom is -0.384 e. The van der Waals surface area contributed by atoms with Crippen LogP contribution in [-0.4, -0.2) is 25.2 Å². The molecule has 1 aliphatic rings. The van der Waals surface area contributed by atoms with Crippen LogP contribution in [0.25, 0.3) is 0 Å². The Morgan fingerprint density at radius 3 is 2.58 bits per heavy atom. The van der Waals surface area contributed by atoms with Crippen molar-refractivity contribution in [3.8, 4) is 0 Å². The summed E-state index contributed by atoms with van der Waals surface area (Å²) in [5.74, 6) is 0.111. The molecule has 1 fully saturated rings. The van der Waals surface area contributed by atoms with Crippen LogP contribution in [-0.2, 0) is 16.0 Å². The molecule has 0 heterocycles. The lowest BCUT2D eigenvalue weighted by atomic mass is 9.89. The number of carbonyl (C=O) groups excluding carboxylic acids is 1. The van der Waals surface area contributed by atoms with E-state index < -0.39 is 0 Å². The summed E-state index contributed by atoms with van der Waals surface area (Å²) in [7, 11) is 1.63. The monoisotopic (exact) mass is 261 g/mol. The average molecular weight is 261 g/mol. The van der Waals surface area contributed by atoms with Crippen LogP contribution in [0.2, 0.25) is 0 Å². The van der Waals surface area contributed by atoms with E-state index >= 15 is 0 Å². The summed E-state index contributed by atoms with van der Waals surface area (Å²) in [5.41, 5.74) is 1.27. The van der Waals surface area contributed by atoms with E-state index in [9.17, 15) is 4.79 Å². The summed E-state index contributed by atoms with van der Waals surface area (Å²) in [4.78, 5) is 12.0. The Labute approximate surface area is 115 Å². The van der Waals surface area contributed by atoms with Gasteiger partial charge in [0.2, 0.25) is 5.91 Å². The minimum absolute atomic E-state index is 0.0355. The number of nitrogens with one attached hydrogen (secondary N) is 1. The predicted molar refractivity (Wildman–Crippen MR) is 76.0 cm³/mol. The third-order valence-electron chi connectivity index (χ3n) is 3.88. The van der Waals surface area contributed by atoms with Gasteiger partial charge in [-0.15, -0.1) is 0 Å². The van der Waals surface area contributed by atoms with Crippen molar-refractivity contribution in [2.24, 2.45) is 0 Å².